The Kier molecular flexibility index (Phi) is 6.04. The van der Waals surface area contributed by atoms with Gasteiger partial charge < -0.3 is 10.6 Å². The first-order valence-corrected chi connectivity index (χ1v) is 6.34. The molecular formula is C14H17N3O3. The van der Waals surface area contributed by atoms with Crippen LogP contribution in [0, 0.1) is 22.5 Å². The molecule has 0 spiro atoms. The molecule has 0 saturated heterocycles. The fourth-order valence-corrected chi connectivity index (χ4v) is 1.65. The zero-order valence-electron chi connectivity index (χ0n) is 11.3. The molecule has 0 heterocycles. The second-order valence-electron chi connectivity index (χ2n) is 4.08. The summed E-state index contributed by atoms with van der Waals surface area (Å²) in [6, 6.07) is 4.37. The molecule has 0 aliphatic carbocycles. The highest BCUT2D eigenvalue weighted by atomic mass is 16.6. The summed E-state index contributed by atoms with van der Waals surface area (Å²) in [6.45, 7) is 2.80. The van der Waals surface area contributed by atoms with Crippen LogP contribution in [0.3, 0.4) is 0 Å². The van der Waals surface area contributed by atoms with Gasteiger partial charge in [0.1, 0.15) is 5.69 Å². The third kappa shape index (κ3) is 4.28. The molecule has 2 N–H and O–H groups in total. The van der Waals surface area contributed by atoms with Crippen LogP contribution in [0.4, 0.5) is 11.4 Å². The predicted molar refractivity (Wildman–Crippen MR) is 77.7 cm³/mol. The molecule has 20 heavy (non-hydrogen) atoms. The van der Waals surface area contributed by atoms with Crippen LogP contribution in [0.1, 0.15) is 30.1 Å². The Bertz CT molecular complexity index is 535. The number of nitro benzene ring substituents is 1. The highest BCUT2D eigenvalue weighted by Crippen LogP contribution is 2.25. The van der Waals surface area contributed by atoms with Crippen LogP contribution in [0.25, 0.3) is 0 Å². The number of hydrogen-bond donors (Lipinski definition) is 2. The van der Waals surface area contributed by atoms with Gasteiger partial charge in [-0.2, -0.15) is 0 Å². The Labute approximate surface area is 117 Å². The van der Waals surface area contributed by atoms with Crippen molar-refractivity contribution in [3.63, 3.8) is 0 Å². The number of carbonyl (C=O) groups is 1. The average molecular weight is 275 g/mol. The summed E-state index contributed by atoms with van der Waals surface area (Å²) in [5.74, 6) is 2.18. The SMILES string of the molecule is C#CCCCNc1ccc(C(=O)NCC)cc1[N+](=O)[O-]. The van der Waals surface area contributed by atoms with Gasteiger partial charge >= 0.3 is 0 Å². The number of unbranched alkanes of at least 4 members (excludes halogenated alkanes) is 1. The fourth-order valence-electron chi connectivity index (χ4n) is 1.65. The summed E-state index contributed by atoms with van der Waals surface area (Å²) in [7, 11) is 0. The largest absolute Gasteiger partial charge is 0.379 e. The average Bonchev–Trinajstić information content (AvgIpc) is 2.43. The molecule has 1 amide bonds. The van der Waals surface area contributed by atoms with Gasteiger partial charge in [-0.15, -0.1) is 12.3 Å². The van der Waals surface area contributed by atoms with E-state index < -0.39 is 4.92 Å². The molecule has 0 radical (unpaired) electrons. The summed E-state index contributed by atoms with van der Waals surface area (Å²) in [5.41, 5.74) is 0.544. The molecule has 6 heteroatoms. The summed E-state index contributed by atoms with van der Waals surface area (Å²) < 4.78 is 0. The molecule has 0 bridgehead atoms. The quantitative estimate of drug-likeness (QED) is 0.346. The third-order valence-electron chi connectivity index (χ3n) is 2.61. The van der Waals surface area contributed by atoms with Crippen LogP contribution >= 0.6 is 0 Å². The number of hydrogen-bond acceptors (Lipinski definition) is 4. The summed E-state index contributed by atoms with van der Waals surface area (Å²) in [6.07, 6.45) is 6.47. The lowest BCUT2D eigenvalue weighted by Crippen LogP contribution is -2.22. The summed E-state index contributed by atoms with van der Waals surface area (Å²) in [4.78, 5) is 22.2. The van der Waals surface area contributed by atoms with Crippen LogP contribution in [-0.4, -0.2) is 23.9 Å². The Balaban J connectivity index is 2.88. The van der Waals surface area contributed by atoms with E-state index in [4.69, 9.17) is 6.42 Å². The number of rotatable bonds is 7. The van der Waals surface area contributed by atoms with Crippen molar-refractivity contribution in [3.05, 3.63) is 33.9 Å². The molecule has 6 nitrogen and oxygen atoms in total. The standard InChI is InChI=1S/C14H17N3O3/c1-3-5-6-9-16-12-8-7-11(14(18)15-4-2)10-13(12)17(19)20/h1,7-8,10,16H,4-6,9H2,2H3,(H,15,18). The first-order valence-electron chi connectivity index (χ1n) is 6.34. The van der Waals surface area contributed by atoms with E-state index in [0.717, 1.165) is 6.42 Å². The van der Waals surface area contributed by atoms with E-state index in [-0.39, 0.29) is 17.2 Å². The molecule has 1 aromatic rings. The number of anilines is 1. The van der Waals surface area contributed by atoms with Gasteiger partial charge in [0.15, 0.2) is 0 Å². The van der Waals surface area contributed by atoms with Crippen molar-refractivity contribution < 1.29 is 9.72 Å². The zero-order chi connectivity index (χ0) is 15.0. The smallest absolute Gasteiger partial charge is 0.293 e. The number of nitrogens with one attached hydrogen (secondary N) is 2. The van der Waals surface area contributed by atoms with Gasteiger partial charge in [-0.1, -0.05) is 0 Å². The summed E-state index contributed by atoms with van der Waals surface area (Å²) in [5, 5.41) is 16.6. The lowest BCUT2D eigenvalue weighted by Gasteiger charge is -2.08. The molecule has 1 rings (SSSR count). The topological polar surface area (TPSA) is 84.3 Å². The van der Waals surface area contributed by atoms with Gasteiger partial charge in [0.25, 0.3) is 11.6 Å². The van der Waals surface area contributed by atoms with E-state index in [9.17, 15) is 14.9 Å². The van der Waals surface area contributed by atoms with Crippen molar-refractivity contribution in [2.24, 2.45) is 0 Å². The van der Waals surface area contributed by atoms with E-state index in [2.05, 4.69) is 16.6 Å². The maximum Gasteiger partial charge on any atom is 0.293 e. The van der Waals surface area contributed by atoms with Gasteiger partial charge in [-0.3, -0.25) is 14.9 Å². The zero-order valence-corrected chi connectivity index (χ0v) is 11.3. The van der Waals surface area contributed by atoms with Crippen molar-refractivity contribution >= 4 is 17.3 Å². The molecule has 106 valence electrons. The number of nitro groups is 1. The van der Waals surface area contributed by atoms with Gasteiger partial charge in [0.05, 0.1) is 4.92 Å². The molecule has 0 fully saturated rings. The second kappa shape index (κ2) is 7.79. The minimum atomic E-state index is -0.508. The fraction of sp³-hybridized carbons (Fsp3) is 0.357. The lowest BCUT2D eigenvalue weighted by atomic mass is 10.1. The van der Waals surface area contributed by atoms with Crippen molar-refractivity contribution in [2.45, 2.75) is 19.8 Å². The van der Waals surface area contributed by atoms with Crippen LogP contribution in [0.15, 0.2) is 18.2 Å². The van der Waals surface area contributed by atoms with Crippen molar-refractivity contribution in [1.29, 1.82) is 0 Å². The molecule has 1 aromatic carbocycles. The van der Waals surface area contributed by atoms with Gasteiger partial charge in [-0.05, 0) is 25.5 Å². The predicted octanol–water partition coefficient (Wildman–Crippen LogP) is 2.17. The number of nitrogens with zero attached hydrogens (tertiary/aromatic N) is 1. The Morgan fingerprint density at radius 3 is 2.85 bits per heavy atom. The molecule has 0 unspecified atom stereocenters. The third-order valence-corrected chi connectivity index (χ3v) is 2.61. The number of benzene rings is 1. The first kappa shape index (κ1) is 15.5. The number of terminal acetylenes is 1. The van der Waals surface area contributed by atoms with Gasteiger partial charge in [-0.25, -0.2) is 0 Å². The van der Waals surface area contributed by atoms with E-state index in [1.165, 1.54) is 6.07 Å². The van der Waals surface area contributed by atoms with E-state index in [1.807, 2.05) is 0 Å². The van der Waals surface area contributed by atoms with Crippen LogP contribution < -0.4 is 10.6 Å². The minimum absolute atomic E-state index is 0.116. The summed E-state index contributed by atoms with van der Waals surface area (Å²) >= 11 is 0. The van der Waals surface area contributed by atoms with Crippen LogP contribution in [-0.2, 0) is 0 Å². The Morgan fingerprint density at radius 1 is 1.50 bits per heavy atom. The van der Waals surface area contributed by atoms with Gasteiger partial charge in [0.2, 0.25) is 0 Å². The van der Waals surface area contributed by atoms with Crippen LogP contribution in [0.2, 0.25) is 0 Å². The molecule has 0 aliphatic rings. The molecule has 0 atom stereocenters. The molecule has 0 aliphatic heterocycles. The van der Waals surface area contributed by atoms with Crippen molar-refractivity contribution in [3.8, 4) is 12.3 Å². The highest BCUT2D eigenvalue weighted by molar-refractivity contribution is 5.95. The maximum atomic E-state index is 11.7. The molecule has 0 aromatic heterocycles. The minimum Gasteiger partial charge on any atom is -0.379 e. The normalized spacial score (nSPS) is 9.60. The molecular weight excluding hydrogens is 258 g/mol. The van der Waals surface area contributed by atoms with E-state index in [0.29, 0.717) is 25.2 Å². The van der Waals surface area contributed by atoms with Crippen molar-refractivity contribution in [2.75, 3.05) is 18.4 Å². The second-order valence-corrected chi connectivity index (χ2v) is 4.08. The number of carbonyl (C=O) groups excluding carboxylic acids is 1. The van der Waals surface area contributed by atoms with Crippen LogP contribution in [0.5, 0.6) is 0 Å². The van der Waals surface area contributed by atoms with E-state index in [1.54, 1.807) is 19.1 Å². The Hall–Kier alpha value is -2.55. The first-order chi connectivity index (χ1) is 9.60. The Morgan fingerprint density at radius 2 is 2.25 bits per heavy atom. The van der Waals surface area contributed by atoms with Gasteiger partial charge in [0, 0.05) is 31.1 Å². The van der Waals surface area contributed by atoms with E-state index >= 15 is 0 Å². The highest BCUT2D eigenvalue weighted by Gasteiger charge is 2.16. The van der Waals surface area contributed by atoms with Crippen molar-refractivity contribution in [1.82, 2.24) is 5.32 Å². The number of amides is 1. The maximum absolute atomic E-state index is 11.7. The lowest BCUT2D eigenvalue weighted by molar-refractivity contribution is -0.384. The monoisotopic (exact) mass is 275 g/mol. The molecule has 0 saturated carbocycles.